The number of hydrogen-bond acceptors (Lipinski definition) is 3. The van der Waals surface area contributed by atoms with Crippen molar-refractivity contribution in [3.8, 4) is 0 Å². The van der Waals surface area contributed by atoms with Gasteiger partial charge in [0.15, 0.2) is 0 Å². The maximum Gasteiger partial charge on any atom is 0.0707 e. The molecule has 0 radical (unpaired) electrons. The molecule has 0 aromatic carbocycles. The molecule has 3 aliphatic heterocycles. The number of fused-ring (bicyclic) bond motifs is 2. The molecule has 3 heterocycles. The molecular formula is C16H28N2O. The average molecular weight is 264 g/mol. The first kappa shape index (κ1) is 12.6. The molecule has 0 bridgehead atoms. The number of nitrogens with zero attached hydrogens (tertiary/aromatic N) is 2. The summed E-state index contributed by atoms with van der Waals surface area (Å²) in [4.78, 5) is 5.26. The van der Waals surface area contributed by atoms with Crippen LogP contribution in [0.5, 0.6) is 0 Å². The Hall–Kier alpha value is -0.120. The van der Waals surface area contributed by atoms with Crippen molar-refractivity contribution in [2.75, 3.05) is 39.8 Å². The lowest BCUT2D eigenvalue weighted by molar-refractivity contribution is -0.0336. The SMILES string of the molecule is CN1CCC2CCN(CC3C[C@@]4(C)CC4CO3)C2C1. The molecule has 3 nitrogen and oxygen atoms in total. The van der Waals surface area contributed by atoms with E-state index >= 15 is 0 Å². The molecule has 0 N–H and O–H groups in total. The van der Waals surface area contributed by atoms with Gasteiger partial charge in [-0.3, -0.25) is 4.90 Å². The van der Waals surface area contributed by atoms with Gasteiger partial charge in [-0.15, -0.1) is 0 Å². The predicted octanol–water partition coefficient (Wildman–Crippen LogP) is 1.83. The summed E-state index contributed by atoms with van der Waals surface area (Å²) in [6, 6.07) is 0.812. The first-order valence-corrected chi connectivity index (χ1v) is 8.18. The van der Waals surface area contributed by atoms with E-state index in [-0.39, 0.29) is 0 Å². The van der Waals surface area contributed by atoms with Crippen LogP contribution in [0.15, 0.2) is 0 Å². The summed E-state index contributed by atoms with van der Waals surface area (Å²) in [7, 11) is 2.28. The smallest absolute Gasteiger partial charge is 0.0707 e. The normalized spacial score (nSPS) is 50.8. The van der Waals surface area contributed by atoms with Crippen molar-refractivity contribution in [1.29, 1.82) is 0 Å². The second kappa shape index (κ2) is 4.44. The lowest BCUT2D eigenvalue weighted by Gasteiger charge is -2.39. The Labute approximate surface area is 117 Å². The molecule has 19 heavy (non-hydrogen) atoms. The third-order valence-electron chi connectivity index (χ3n) is 6.38. The van der Waals surface area contributed by atoms with E-state index in [0.29, 0.717) is 11.5 Å². The number of likely N-dealkylation sites (N-methyl/N-ethyl adjacent to an activating group) is 1. The second-order valence-corrected chi connectivity index (χ2v) is 7.88. The summed E-state index contributed by atoms with van der Waals surface area (Å²) in [5.74, 6) is 1.85. The molecule has 0 aromatic rings. The van der Waals surface area contributed by atoms with Crippen molar-refractivity contribution in [1.82, 2.24) is 9.80 Å². The molecule has 0 aromatic heterocycles. The number of piperidine rings is 1. The van der Waals surface area contributed by atoms with Gasteiger partial charge < -0.3 is 9.64 Å². The van der Waals surface area contributed by atoms with E-state index in [9.17, 15) is 0 Å². The minimum atomic E-state index is 0.509. The molecule has 1 aliphatic carbocycles. The molecule has 4 aliphatic rings. The van der Waals surface area contributed by atoms with Crippen molar-refractivity contribution in [2.24, 2.45) is 17.3 Å². The molecule has 0 amide bonds. The van der Waals surface area contributed by atoms with Crippen LogP contribution < -0.4 is 0 Å². The van der Waals surface area contributed by atoms with E-state index in [2.05, 4.69) is 23.8 Å². The van der Waals surface area contributed by atoms with Crippen LogP contribution in [0.4, 0.5) is 0 Å². The van der Waals surface area contributed by atoms with Gasteiger partial charge in [0, 0.05) is 19.1 Å². The van der Waals surface area contributed by atoms with Crippen LogP contribution in [-0.4, -0.2) is 61.8 Å². The zero-order chi connectivity index (χ0) is 13.0. The molecule has 4 rings (SSSR count). The predicted molar refractivity (Wildman–Crippen MR) is 76.2 cm³/mol. The summed E-state index contributed by atoms with van der Waals surface area (Å²) < 4.78 is 6.11. The third-order valence-corrected chi connectivity index (χ3v) is 6.38. The molecule has 0 spiro atoms. The number of likely N-dealkylation sites (tertiary alicyclic amines) is 2. The Balaban J connectivity index is 1.37. The molecular weight excluding hydrogens is 236 g/mol. The van der Waals surface area contributed by atoms with Gasteiger partial charge in [-0.2, -0.15) is 0 Å². The number of rotatable bonds is 2. The topological polar surface area (TPSA) is 15.7 Å². The van der Waals surface area contributed by atoms with Crippen molar-refractivity contribution < 1.29 is 4.74 Å². The fourth-order valence-electron chi connectivity index (χ4n) is 4.84. The fourth-order valence-corrected chi connectivity index (χ4v) is 4.84. The van der Waals surface area contributed by atoms with Gasteiger partial charge in [0.05, 0.1) is 12.7 Å². The van der Waals surface area contributed by atoms with Crippen LogP contribution in [0.2, 0.25) is 0 Å². The largest absolute Gasteiger partial charge is 0.377 e. The van der Waals surface area contributed by atoms with Crippen molar-refractivity contribution in [3.05, 3.63) is 0 Å². The lowest BCUT2D eigenvalue weighted by Crippen LogP contribution is -2.49. The standard InChI is InChI=1S/C16H28N2O/c1-16-7-13(16)11-19-14(8-16)9-18-6-4-12-3-5-17(2)10-15(12)18/h12-15H,3-11H2,1-2H3/t12?,13?,14?,15?,16-/m1/s1. The molecule has 3 heteroatoms. The third kappa shape index (κ3) is 2.24. The maximum absolute atomic E-state index is 6.11. The monoisotopic (exact) mass is 264 g/mol. The van der Waals surface area contributed by atoms with E-state index in [1.54, 1.807) is 0 Å². The molecule has 1 saturated carbocycles. The van der Waals surface area contributed by atoms with Crippen LogP contribution in [0.25, 0.3) is 0 Å². The minimum absolute atomic E-state index is 0.509. The highest BCUT2D eigenvalue weighted by Gasteiger charge is 2.54. The Kier molecular flexibility index (Phi) is 2.95. The van der Waals surface area contributed by atoms with Gasteiger partial charge in [-0.25, -0.2) is 0 Å². The minimum Gasteiger partial charge on any atom is -0.377 e. The first-order valence-electron chi connectivity index (χ1n) is 8.18. The van der Waals surface area contributed by atoms with Crippen LogP contribution in [0, 0.1) is 17.3 Å². The van der Waals surface area contributed by atoms with Gasteiger partial charge in [0.1, 0.15) is 0 Å². The highest BCUT2D eigenvalue weighted by molar-refractivity contribution is 5.04. The van der Waals surface area contributed by atoms with E-state index in [1.165, 1.54) is 51.9 Å². The summed E-state index contributed by atoms with van der Waals surface area (Å²) in [6.45, 7) is 8.57. The Morgan fingerprint density at radius 3 is 2.89 bits per heavy atom. The molecule has 108 valence electrons. The summed E-state index contributed by atoms with van der Waals surface area (Å²) in [5.41, 5.74) is 0.644. The zero-order valence-corrected chi connectivity index (χ0v) is 12.5. The lowest BCUT2D eigenvalue weighted by atomic mass is 9.92. The summed E-state index contributed by atoms with van der Waals surface area (Å²) in [6.07, 6.45) is 6.06. The van der Waals surface area contributed by atoms with Gasteiger partial charge in [0.2, 0.25) is 0 Å². The maximum atomic E-state index is 6.11. The van der Waals surface area contributed by atoms with Gasteiger partial charge >= 0.3 is 0 Å². The van der Waals surface area contributed by atoms with Gasteiger partial charge in [-0.05, 0) is 63.1 Å². The van der Waals surface area contributed by atoms with Gasteiger partial charge in [0.25, 0.3) is 0 Å². The zero-order valence-electron chi connectivity index (χ0n) is 12.5. The summed E-state index contributed by atoms with van der Waals surface area (Å²) in [5, 5.41) is 0. The number of hydrogen-bond donors (Lipinski definition) is 0. The van der Waals surface area contributed by atoms with Crippen LogP contribution >= 0.6 is 0 Å². The number of ether oxygens (including phenoxy) is 1. The van der Waals surface area contributed by atoms with Crippen molar-refractivity contribution in [2.45, 2.75) is 44.8 Å². The molecule has 5 atom stereocenters. The molecule has 4 fully saturated rings. The average Bonchev–Trinajstić information content (AvgIpc) is 2.91. The Morgan fingerprint density at radius 2 is 2.05 bits per heavy atom. The van der Waals surface area contributed by atoms with E-state index < -0.39 is 0 Å². The Morgan fingerprint density at radius 1 is 1.21 bits per heavy atom. The first-order chi connectivity index (χ1) is 9.14. The van der Waals surface area contributed by atoms with E-state index in [1.807, 2.05) is 0 Å². The molecule has 4 unspecified atom stereocenters. The van der Waals surface area contributed by atoms with Gasteiger partial charge in [-0.1, -0.05) is 6.92 Å². The van der Waals surface area contributed by atoms with Crippen molar-refractivity contribution >= 4 is 0 Å². The van der Waals surface area contributed by atoms with Crippen LogP contribution in [-0.2, 0) is 4.74 Å². The van der Waals surface area contributed by atoms with Crippen molar-refractivity contribution in [3.63, 3.8) is 0 Å². The van der Waals surface area contributed by atoms with Crippen LogP contribution in [0.1, 0.15) is 32.6 Å². The Bertz CT molecular complexity index is 361. The highest BCUT2D eigenvalue weighted by atomic mass is 16.5. The molecule has 3 saturated heterocycles. The quantitative estimate of drug-likeness (QED) is 0.757. The fraction of sp³-hybridized carbons (Fsp3) is 1.00. The van der Waals surface area contributed by atoms with E-state index in [0.717, 1.165) is 24.5 Å². The van der Waals surface area contributed by atoms with E-state index in [4.69, 9.17) is 4.74 Å². The van der Waals surface area contributed by atoms with Crippen LogP contribution in [0.3, 0.4) is 0 Å². The summed E-state index contributed by atoms with van der Waals surface area (Å²) >= 11 is 0. The highest BCUT2D eigenvalue weighted by Crippen LogP contribution is 2.58. The second-order valence-electron chi connectivity index (χ2n) is 7.88.